The monoisotopic (exact) mass is 299 g/mol. The van der Waals surface area contributed by atoms with Crippen molar-refractivity contribution >= 4 is 22.6 Å². The molecule has 0 N–H and O–H groups in total. The van der Waals surface area contributed by atoms with E-state index in [0.29, 0.717) is 22.6 Å². The van der Waals surface area contributed by atoms with Crippen molar-refractivity contribution in [3.63, 3.8) is 0 Å². The second-order valence-electron chi connectivity index (χ2n) is 4.75. The Morgan fingerprint density at radius 2 is 2.10 bits per heavy atom. The molecule has 3 aromatic rings. The number of nitrogens with zero attached hydrogens (tertiary/aromatic N) is 3. The summed E-state index contributed by atoms with van der Waals surface area (Å²) in [5, 5.41) is 9.04. The maximum atomic E-state index is 13.8. The first kappa shape index (κ1) is 13.6. The zero-order valence-corrected chi connectivity index (χ0v) is 12.0. The van der Waals surface area contributed by atoms with Crippen molar-refractivity contribution in [1.29, 1.82) is 5.26 Å². The molecular formula is C16H11ClFN3. The summed E-state index contributed by atoms with van der Waals surface area (Å²) in [6, 6.07) is 12.3. The molecule has 0 aliphatic carbocycles. The largest absolute Gasteiger partial charge is 0.295 e. The Morgan fingerprint density at radius 1 is 1.29 bits per heavy atom. The molecule has 3 rings (SSSR count). The Labute approximate surface area is 126 Å². The van der Waals surface area contributed by atoms with E-state index in [-0.39, 0.29) is 11.7 Å². The van der Waals surface area contributed by atoms with Crippen LogP contribution in [0.1, 0.15) is 17.0 Å². The molecule has 0 saturated carbocycles. The predicted octanol–water partition coefficient (Wildman–Crippen LogP) is 4.08. The third-order valence-electron chi connectivity index (χ3n) is 3.39. The van der Waals surface area contributed by atoms with E-state index in [2.05, 4.69) is 11.1 Å². The van der Waals surface area contributed by atoms with E-state index in [1.54, 1.807) is 35.8 Å². The van der Waals surface area contributed by atoms with Gasteiger partial charge >= 0.3 is 0 Å². The summed E-state index contributed by atoms with van der Waals surface area (Å²) in [6.45, 7) is 1.71. The fourth-order valence-electron chi connectivity index (χ4n) is 2.29. The van der Waals surface area contributed by atoms with E-state index in [9.17, 15) is 4.39 Å². The predicted molar refractivity (Wildman–Crippen MR) is 80.0 cm³/mol. The van der Waals surface area contributed by atoms with Gasteiger partial charge in [-0.05, 0) is 42.8 Å². The lowest BCUT2D eigenvalue weighted by molar-refractivity contribution is 0.617. The van der Waals surface area contributed by atoms with Crippen molar-refractivity contribution in [2.24, 2.45) is 0 Å². The molecule has 0 saturated heterocycles. The summed E-state index contributed by atoms with van der Waals surface area (Å²) >= 11 is 5.96. The van der Waals surface area contributed by atoms with E-state index >= 15 is 0 Å². The number of hydrogen-bond acceptors (Lipinski definition) is 2. The number of nitriles is 1. The molecule has 0 bridgehead atoms. The van der Waals surface area contributed by atoms with Gasteiger partial charge in [0.15, 0.2) is 0 Å². The molecule has 0 unspecified atom stereocenters. The zero-order chi connectivity index (χ0) is 15.0. The Bertz CT molecular complexity index is 877. The van der Waals surface area contributed by atoms with E-state index in [1.807, 2.05) is 6.07 Å². The first-order chi connectivity index (χ1) is 10.1. The summed E-state index contributed by atoms with van der Waals surface area (Å²) < 4.78 is 15.6. The highest BCUT2D eigenvalue weighted by atomic mass is 35.5. The number of fused-ring (bicyclic) bond motifs is 1. The minimum absolute atomic E-state index is 0.200. The molecule has 0 aliphatic rings. The molecule has 0 radical (unpaired) electrons. The van der Waals surface area contributed by atoms with Gasteiger partial charge in [-0.15, -0.1) is 11.6 Å². The molecule has 1 aromatic heterocycles. The molecule has 0 spiro atoms. The van der Waals surface area contributed by atoms with E-state index in [0.717, 1.165) is 11.0 Å². The van der Waals surface area contributed by atoms with Crippen LogP contribution in [0, 0.1) is 24.1 Å². The number of imidazole rings is 1. The molecular weight excluding hydrogens is 289 g/mol. The van der Waals surface area contributed by atoms with Crippen molar-refractivity contribution < 1.29 is 4.39 Å². The number of benzene rings is 2. The van der Waals surface area contributed by atoms with Crippen LogP contribution >= 0.6 is 11.6 Å². The summed E-state index contributed by atoms with van der Waals surface area (Å²) in [4.78, 5) is 4.43. The Balaban J connectivity index is 2.33. The van der Waals surface area contributed by atoms with Crippen LogP contribution < -0.4 is 0 Å². The maximum absolute atomic E-state index is 13.8. The van der Waals surface area contributed by atoms with E-state index in [1.165, 1.54) is 6.07 Å². The minimum Gasteiger partial charge on any atom is -0.295 e. The lowest BCUT2D eigenvalue weighted by Gasteiger charge is -2.09. The van der Waals surface area contributed by atoms with Gasteiger partial charge in [0, 0.05) is 0 Å². The van der Waals surface area contributed by atoms with Gasteiger partial charge in [-0.2, -0.15) is 5.26 Å². The van der Waals surface area contributed by atoms with Gasteiger partial charge in [0.25, 0.3) is 0 Å². The van der Waals surface area contributed by atoms with Crippen LogP contribution in [-0.2, 0) is 5.88 Å². The number of halogens is 2. The van der Waals surface area contributed by atoms with Crippen LogP contribution in [0.15, 0.2) is 36.4 Å². The third-order valence-corrected chi connectivity index (χ3v) is 3.63. The fourth-order valence-corrected chi connectivity index (χ4v) is 2.47. The van der Waals surface area contributed by atoms with Gasteiger partial charge in [-0.25, -0.2) is 9.37 Å². The SMILES string of the molecule is Cc1ccc(-n2c(CCl)nc3ccc(C#N)cc32)cc1F. The van der Waals surface area contributed by atoms with Crippen molar-refractivity contribution in [1.82, 2.24) is 9.55 Å². The maximum Gasteiger partial charge on any atom is 0.129 e. The van der Waals surface area contributed by atoms with Crippen LogP contribution in [-0.4, -0.2) is 9.55 Å². The highest BCUT2D eigenvalue weighted by Gasteiger charge is 2.13. The lowest BCUT2D eigenvalue weighted by Crippen LogP contribution is -2.00. The topological polar surface area (TPSA) is 41.6 Å². The first-order valence-electron chi connectivity index (χ1n) is 6.38. The van der Waals surface area contributed by atoms with Crippen molar-refractivity contribution in [3.05, 3.63) is 59.2 Å². The third kappa shape index (κ3) is 2.26. The summed E-state index contributed by atoms with van der Waals surface area (Å²) in [5.41, 5.74) is 3.22. The smallest absolute Gasteiger partial charge is 0.129 e. The molecule has 2 aromatic carbocycles. The highest BCUT2D eigenvalue weighted by molar-refractivity contribution is 6.17. The van der Waals surface area contributed by atoms with Crippen LogP contribution in [0.25, 0.3) is 16.7 Å². The second-order valence-corrected chi connectivity index (χ2v) is 5.01. The molecule has 21 heavy (non-hydrogen) atoms. The quantitative estimate of drug-likeness (QED) is 0.669. The van der Waals surface area contributed by atoms with Crippen LogP contribution in [0.4, 0.5) is 4.39 Å². The van der Waals surface area contributed by atoms with E-state index < -0.39 is 0 Å². The summed E-state index contributed by atoms with van der Waals surface area (Å²) in [6.07, 6.45) is 0. The second kappa shape index (κ2) is 5.19. The molecule has 104 valence electrons. The van der Waals surface area contributed by atoms with Crippen LogP contribution in [0.3, 0.4) is 0 Å². The standard InChI is InChI=1S/C16H11ClFN3/c1-10-2-4-12(7-13(10)18)21-15-6-11(9-19)3-5-14(15)20-16(21)8-17/h2-7H,8H2,1H3. The molecule has 5 heteroatoms. The average Bonchev–Trinajstić information content (AvgIpc) is 2.87. The van der Waals surface area contributed by atoms with Gasteiger partial charge in [0.2, 0.25) is 0 Å². The Morgan fingerprint density at radius 3 is 2.76 bits per heavy atom. The van der Waals surface area contributed by atoms with Crippen LogP contribution in [0.2, 0.25) is 0 Å². The van der Waals surface area contributed by atoms with Crippen molar-refractivity contribution in [2.45, 2.75) is 12.8 Å². The van der Waals surface area contributed by atoms with Gasteiger partial charge in [0.05, 0.1) is 34.2 Å². The van der Waals surface area contributed by atoms with Gasteiger partial charge in [-0.1, -0.05) is 6.07 Å². The number of alkyl halides is 1. The summed E-state index contributed by atoms with van der Waals surface area (Å²) in [7, 11) is 0. The summed E-state index contributed by atoms with van der Waals surface area (Å²) in [5.74, 6) is 0.530. The molecule has 0 atom stereocenters. The van der Waals surface area contributed by atoms with E-state index in [4.69, 9.17) is 16.9 Å². The van der Waals surface area contributed by atoms with Gasteiger partial charge in [-0.3, -0.25) is 4.57 Å². The number of aromatic nitrogens is 2. The Kier molecular flexibility index (Phi) is 3.36. The number of aryl methyl sites for hydroxylation is 1. The van der Waals surface area contributed by atoms with Crippen LogP contribution in [0.5, 0.6) is 0 Å². The molecule has 3 nitrogen and oxygen atoms in total. The molecule has 1 heterocycles. The first-order valence-corrected chi connectivity index (χ1v) is 6.91. The molecule has 0 aliphatic heterocycles. The van der Waals surface area contributed by atoms with Gasteiger partial charge < -0.3 is 0 Å². The number of rotatable bonds is 2. The molecule has 0 amide bonds. The normalized spacial score (nSPS) is 10.8. The zero-order valence-electron chi connectivity index (χ0n) is 11.3. The van der Waals surface area contributed by atoms with Gasteiger partial charge in [0.1, 0.15) is 11.6 Å². The van der Waals surface area contributed by atoms with Crippen molar-refractivity contribution in [2.75, 3.05) is 0 Å². The highest BCUT2D eigenvalue weighted by Crippen LogP contribution is 2.24. The minimum atomic E-state index is -0.286. The lowest BCUT2D eigenvalue weighted by atomic mass is 10.2. The molecule has 0 fully saturated rings. The average molecular weight is 300 g/mol. The van der Waals surface area contributed by atoms with Crippen molar-refractivity contribution in [3.8, 4) is 11.8 Å². The Hall–Kier alpha value is -2.38. The fraction of sp³-hybridized carbons (Fsp3) is 0.125. The number of hydrogen-bond donors (Lipinski definition) is 0.